The highest BCUT2D eigenvalue weighted by Gasteiger charge is 2.14. The lowest BCUT2D eigenvalue weighted by molar-refractivity contribution is 0.147. The quantitative estimate of drug-likeness (QED) is 0.807. The van der Waals surface area contributed by atoms with Crippen molar-refractivity contribution in [3.8, 4) is 0 Å². The topological polar surface area (TPSA) is 23.5 Å². The Bertz CT molecular complexity index is 354. The van der Waals surface area contributed by atoms with Crippen molar-refractivity contribution in [3.05, 3.63) is 35.6 Å². The van der Waals surface area contributed by atoms with Crippen LogP contribution in [-0.2, 0) is 6.42 Å². The first-order chi connectivity index (χ1) is 8.54. The summed E-state index contributed by atoms with van der Waals surface area (Å²) < 4.78 is 13.4. The fourth-order valence-electron chi connectivity index (χ4n) is 1.98. The summed E-state index contributed by atoms with van der Waals surface area (Å²) in [5, 5.41) is 9.29. The Morgan fingerprint density at radius 1 is 1.28 bits per heavy atom. The second kappa shape index (κ2) is 7.49. The molecule has 1 N–H and O–H groups in total. The molecular formula is C15H24FNO. The Balaban J connectivity index is 2.41. The number of benzene rings is 1. The van der Waals surface area contributed by atoms with E-state index < -0.39 is 0 Å². The van der Waals surface area contributed by atoms with Crippen LogP contribution < -0.4 is 0 Å². The van der Waals surface area contributed by atoms with E-state index in [1.54, 1.807) is 6.07 Å². The van der Waals surface area contributed by atoms with Crippen LogP contribution >= 0.6 is 0 Å². The summed E-state index contributed by atoms with van der Waals surface area (Å²) in [6.45, 7) is 6.10. The second-order valence-electron chi connectivity index (χ2n) is 5.29. The highest BCUT2D eigenvalue weighted by atomic mass is 19.1. The number of aliphatic hydroxyl groups is 1. The van der Waals surface area contributed by atoms with Crippen LogP contribution in [0.15, 0.2) is 24.3 Å². The Labute approximate surface area is 109 Å². The third-order valence-corrected chi connectivity index (χ3v) is 3.44. The van der Waals surface area contributed by atoms with Crippen molar-refractivity contribution in [2.75, 3.05) is 26.7 Å². The minimum atomic E-state index is -0.131. The van der Waals surface area contributed by atoms with Gasteiger partial charge in [0.2, 0.25) is 0 Å². The van der Waals surface area contributed by atoms with E-state index in [9.17, 15) is 9.50 Å². The van der Waals surface area contributed by atoms with Gasteiger partial charge in [-0.05, 0) is 36.9 Å². The van der Waals surface area contributed by atoms with Crippen molar-refractivity contribution < 1.29 is 9.50 Å². The molecule has 0 fully saturated rings. The zero-order valence-electron chi connectivity index (χ0n) is 11.6. The molecule has 0 aliphatic heterocycles. The predicted molar refractivity (Wildman–Crippen MR) is 73.0 cm³/mol. The monoisotopic (exact) mass is 253 g/mol. The molecule has 102 valence electrons. The molecule has 1 unspecified atom stereocenters. The number of hydrogen-bond donors (Lipinski definition) is 1. The average Bonchev–Trinajstić information content (AvgIpc) is 2.34. The molecule has 1 rings (SSSR count). The van der Waals surface area contributed by atoms with Gasteiger partial charge in [-0.25, -0.2) is 4.39 Å². The number of aliphatic hydroxyl groups excluding tert-OH is 1. The van der Waals surface area contributed by atoms with Gasteiger partial charge in [-0.1, -0.05) is 32.0 Å². The molecule has 1 aromatic carbocycles. The van der Waals surface area contributed by atoms with Gasteiger partial charge in [0.15, 0.2) is 0 Å². The van der Waals surface area contributed by atoms with E-state index >= 15 is 0 Å². The van der Waals surface area contributed by atoms with E-state index in [1.165, 1.54) is 6.07 Å². The van der Waals surface area contributed by atoms with E-state index in [4.69, 9.17) is 0 Å². The normalized spacial score (nSPS) is 13.3. The molecular weight excluding hydrogens is 229 g/mol. The lowest BCUT2D eigenvalue weighted by atomic mass is 9.96. The van der Waals surface area contributed by atoms with Crippen LogP contribution in [0, 0.1) is 17.7 Å². The van der Waals surface area contributed by atoms with Crippen LogP contribution in [0.4, 0.5) is 4.39 Å². The van der Waals surface area contributed by atoms with Crippen molar-refractivity contribution in [2.24, 2.45) is 11.8 Å². The molecule has 0 saturated carbocycles. The van der Waals surface area contributed by atoms with Crippen LogP contribution in [0.5, 0.6) is 0 Å². The Hall–Kier alpha value is -0.930. The number of nitrogens with zero attached hydrogens (tertiary/aromatic N) is 1. The fourth-order valence-corrected chi connectivity index (χ4v) is 1.98. The predicted octanol–water partition coefficient (Wildman–Crippen LogP) is 2.56. The van der Waals surface area contributed by atoms with Gasteiger partial charge >= 0.3 is 0 Å². The summed E-state index contributed by atoms with van der Waals surface area (Å²) >= 11 is 0. The van der Waals surface area contributed by atoms with Crippen molar-refractivity contribution >= 4 is 0 Å². The maximum absolute atomic E-state index is 13.4. The van der Waals surface area contributed by atoms with Crippen LogP contribution in [-0.4, -0.2) is 36.8 Å². The zero-order valence-corrected chi connectivity index (χ0v) is 11.6. The Morgan fingerprint density at radius 2 is 1.94 bits per heavy atom. The van der Waals surface area contributed by atoms with Crippen LogP contribution in [0.25, 0.3) is 0 Å². The van der Waals surface area contributed by atoms with E-state index in [0.717, 1.165) is 18.7 Å². The molecule has 0 radical (unpaired) electrons. The summed E-state index contributed by atoms with van der Waals surface area (Å²) in [4.78, 5) is 2.16. The summed E-state index contributed by atoms with van der Waals surface area (Å²) in [6, 6.07) is 6.90. The fraction of sp³-hybridized carbons (Fsp3) is 0.600. The maximum atomic E-state index is 13.4. The highest BCUT2D eigenvalue weighted by Crippen LogP contribution is 2.12. The van der Waals surface area contributed by atoms with Gasteiger partial charge in [-0.3, -0.25) is 0 Å². The first kappa shape index (κ1) is 15.1. The Morgan fingerprint density at radius 3 is 2.50 bits per heavy atom. The molecule has 18 heavy (non-hydrogen) atoms. The van der Waals surface area contributed by atoms with Gasteiger partial charge in [0.25, 0.3) is 0 Å². The molecule has 0 aliphatic carbocycles. The van der Waals surface area contributed by atoms with Gasteiger partial charge in [0, 0.05) is 19.7 Å². The van der Waals surface area contributed by atoms with E-state index in [1.807, 2.05) is 19.2 Å². The molecule has 0 aromatic heterocycles. The first-order valence-electron chi connectivity index (χ1n) is 6.57. The summed E-state index contributed by atoms with van der Waals surface area (Å²) in [5.74, 6) is 0.620. The lowest BCUT2D eigenvalue weighted by Gasteiger charge is -2.25. The summed E-state index contributed by atoms with van der Waals surface area (Å²) in [7, 11) is 2.02. The van der Waals surface area contributed by atoms with Gasteiger partial charge in [0.05, 0.1) is 0 Å². The molecule has 0 amide bonds. The van der Waals surface area contributed by atoms with Crippen molar-refractivity contribution in [3.63, 3.8) is 0 Å². The summed E-state index contributed by atoms with van der Waals surface area (Å²) in [6.07, 6.45) is 0.708. The molecule has 1 atom stereocenters. The number of rotatable bonds is 7. The van der Waals surface area contributed by atoms with Crippen molar-refractivity contribution in [1.29, 1.82) is 0 Å². The highest BCUT2D eigenvalue weighted by molar-refractivity contribution is 5.17. The largest absolute Gasteiger partial charge is 0.396 e. The van der Waals surface area contributed by atoms with Crippen molar-refractivity contribution in [2.45, 2.75) is 20.3 Å². The molecule has 1 aromatic rings. The standard InChI is InChI=1S/C15H24FNO/c1-12(2)14(11-18)10-17(3)9-8-13-6-4-5-7-15(13)16/h4-7,12,14,18H,8-11H2,1-3H3. The third kappa shape index (κ3) is 4.75. The van der Waals surface area contributed by atoms with E-state index in [-0.39, 0.29) is 18.3 Å². The van der Waals surface area contributed by atoms with Gasteiger partial charge in [-0.15, -0.1) is 0 Å². The minimum Gasteiger partial charge on any atom is -0.396 e. The number of halogens is 1. The molecule has 0 heterocycles. The molecule has 0 aliphatic rings. The molecule has 0 bridgehead atoms. The van der Waals surface area contributed by atoms with Crippen molar-refractivity contribution in [1.82, 2.24) is 4.90 Å². The van der Waals surface area contributed by atoms with Gasteiger partial charge in [-0.2, -0.15) is 0 Å². The number of hydrogen-bond acceptors (Lipinski definition) is 2. The van der Waals surface area contributed by atoms with Crippen LogP contribution in [0.1, 0.15) is 19.4 Å². The maximum Gasteiger partial charge on any atom is 0.126 e. The van der Waals surface area contributed by atoms with Gasteiger partial charge in [0.1, 0.15) is 5.82 Å². The Kier molecular flexibility index (Phi) is 6.30. The lowest BCUT2D eigenvalue weighted by Crippen LogP contribution is -2.32. The SMILES string of the molecule is CC(C)C(CO)CN(C)CCc1ccccc1F. The number of likely N-dealkylation sites (N-methyl/N-ethyl adjacent to an activating group) is 1. The minimum absolute atomic E-state index is 0.131. The smallest absolute Gasteiger partial charge is 0.126 e. The third-order valence-electron chi connectivity index (χ3n) is 3.44. The molecule has 2 nitrogen and oxygen atoms in total. The van der Waals surface area contributed by atoms with E-state index in [2.05, 4.69) is 18.7 Å². The first-order valence-corrected chi connectivity index (χ1v) is 6.57. The molecule has 3 heteroatoms. The second-order valence-corrected chi connectivity index (χ2v) is 5.29. The van der Waals surface area contributed by atoms with E-state index in [0.29, 0.717) is 12.3 Å². The zero-order chi connectivity index (χ0) is 13.5. The molecule has 0 saturated heterocycles. The van der Waals surface area contributed by atoms with Gasteiger partial charge < -0.3 is 10.0 Å². The van der Waals surface area contributed by atoms with Crippen LogP contribution in [0.2, 0.25) is 0 Å². The average molecular weight is 253 g/mol. The summed E-state index contributed by atoms with van der Waals surface area (Å²) in [5.41, 5.74) is 0.759. The molecule has 0 spiro atoms. The van der Waals surface area contributed by atoms with Crippen LogP contribution in [0.3, 0.4) is 0 Å².